The molecule has 2 saturated heterocycles. The monoisotopic (exact) mass is 701 g/mol. The number of carboxylic acids is 1. The zero-order chi connectivity index (χ0) is 35.0. The van der Waals surface area contributed by atoms with Gasteiger partial charge in [-0.15, -0.1) is 11.3 Å². The van der Waals surface area contributed by atoms with E-state index < -0.39 is 34.9 Å². The Morgan fingerprint density at radius 1 is 1.04 bits per heavy atom. The van der Waals surface area contributed by atoms with Crippen LogP contribution in [0.15, 0.2) is 46.8 Å². The number of thiazole rings is 1. The molecule has 2 aliphatic heterocycles. The maximum Gasteiger partial charge on any atom is 0.434 e. The number of carbonyl (C=O) groups is 2. The van der Waals surface area contributed by atoms with Crippen molar-refractivity contribution in [3.05, 3.63) is 63.5 Å². The standard InChI is InChI=1S/C22H16F3N5O4S.C11H22N2O/c1-2-26-21(34)30-17-6-11(19-29-16(9-35-19)22(23,24)25)13(7-28-17)10-3-4-15-12(5-10)18(31)14(8-27-15)20(32)33;1-2-4-12(5-3-1)6-7-13-8-10-14-11-9-13/h3-9H,2H2,1H3,(H,27,31)(H,32,33)(H2,26,28,30,34);1-11H2. The number of aromatic nitrogens is 3. The summed E-state index contributed by atoms with van der Waals surface area (Å²) in [6, 6.07) is 5.41. The van der Waals surface area contributed by atoms with Gasteiger partial charge in [0.15, 0.2) is 5.69 Å². The molecule has 262 valence electrons. The molecule has 16 heteroatoms. The number of nitrogens with one attached hydrogen (secondary N) is 3. The molecule has 0 saturated carbocycles. The van der Waals surface area contributed by atoms with Crippen LogP contribution in [0.5, 0.6) is 0 Å². The van der Waals surface area contributed by atoms with Crippen LogP contribution in [-0.4, -0.2) is 101 Å². The number of amides is 2. The van der Waals surface area contributed by atoms with Crippen LogP contribution in [0.2, 0.25) is 0 Å². The van der Waals surface area contributed by atoms with E-state index in [0.29, 0.717) is 23.2 Å². The number of hydrogen-bond acceptors (Lipinski definition) is 9. The number of H-pyrrole nitrogens is 1. The zero-order valence-electron chi connectivity index (χ0n) is 26.9. The highest BCUT2D eigenvalue weighted by molar-refractivity contribution is 7.13. The molecule has 0 aliphatic carbocycles. The van der Waals surface area contributed by atoms with E-state index in [0.717, 1.165) is 49.2 Å². The normalized spacial score (nSPS) is 15.8. The van der Waals surface area contributed by atoms with Gasteiger partial charge in [0.1, 0.15) is 16.4 Å². The Kier molecular flexibility index (Phi) is 12.0. The molecule has 12 nitrogen and oxygen atoms in total. The Labute approximate surface area is 284 Å². The molecule has 4 aromatic rings. The molecule has 2 amide bonds. The third kappa shape index (κ3) is 9.41. The van der Waals surface area contributed by atoms with E-state index in [1.807, 2.05) is 0 Å². The van der Waals surface area contributed by atoms with E-state index in [1.54, 1.807) is 19.1 Å². The minimum atomic E-state index is -4.65. The molecule has 5 heterocycles. The number of anilines is 1. The number of aromatic carboxylic acids is 1. The van der Waals surface area contributed by atoms with Gasteiger partial charge in [-0.1, -0.05) is 12.5 Å². The molecule has 6 rings (SSSR count). The fourth-order valence-electron chi connectivity index (χ4n) is 5.61. The minimum absolute atomic E-state index is 0.0157. The third-order valence-electron chi connectivity index (χ3n) is 8.22. The average molecular weight is 702 g/mol. The summed E-state index contributed by atoms with van der Waals surface area (Å²) in [4.78, 5) is 51.7. The Balaban J connectivity index is 0.000000278. The van der Waals surface area contributed by atoms with Crippen LogP contribution in [0.1, 0.15) is 42.2 Å². The van der Waals surface area contributed by atoms with Crippen LogP contribution in [0.25, 0.3) is 32.6 Å². The molecular weight excluding hydrogens is 663 g/mol. The number of hydrogen-bond donors (Lipinski definition) is 4. The largest absolute Gasteiger partial charge is 0.477 e. The van der Waals surface area contributed by atoms with Gasteiger partial charge in [-0.25, -0.2) is 19.6 Å². The molecule has 2 fully saturated rings. The van der Waals surface area contributed by atoms with Crippen LogP contribution in [0, 0.1) is 0 Å². The van der Waals surface area contributed by atoms with E-state index in [9.17, 15) is 32.7 Å². The van der Waals surface area contributed by atoms with Crippen molar-refractivity contribution in [1.29, 1.82) is 0 Å². The molecule has 0 atom stereocenters. The minimum Gasteiger partial charge on any atom is -0.477 e. The van der Waals surface area contributed by atoms with Crippen LogP contribution in [-0.2, 0) is 10.9 Å². The molecule has 0 unspecified atom stereocenters. The molecule has 0 radical (unpaired) electrons. The van der Waals surface area contributed by atoms with E-state index >= 15 is 0 Å². The van der Waals surface area contributed by atoms with Crippen molar-refractivity contribution in [1.82, 2.24) is 30.1 Å². The molecule has 0 bridgehead atoms. The second-order valence-electron chi connectivity index (χ2n) is 11.6. The number of fused-ring (bicyclic) bond motifs is 1. The number of alkyl halides is 3. The second-order valence-corrected chi connectivity index (χ2v) is 12.4. The van der Waals surface area contributed by atoms with Crippen LogP contribution in [0.3, 0.4) is 0 Å². The number of aromatic amines is 1. The van der Waals surface area contributed by atoms with Crippen molar-refractivity contribution >= 4 is 40.1 Å². The molecule has 1 aromatic carbocycles. The highest BCUT2D eigenvalue weighted by Crippen LogP contribution is 2.38. The van der Waals surface area contributed by atoms with Crippen molar-refractivity contribution in [2.24, 2.45) is 0 Å². The molecule has 3 aromatic heterocycles. The zero-order valence-corrected chi connectivity index (χ0v) is 27.8. The van der Waals surface area contributed by atoms with Crippen molar-refractivity contribution < 1.29 is 32.6 Å². The van der Waals surface area contributed by atoms with Gasteiger partial charge in [0, 0.05) is 72.5 Å². The Hall–Kier alpha value is -4.38. The average Bonchev–Trinajstić information content (AvgIpc) is 3.60. The molecule has 0 spiro atoms. The first kappa shape index (κ1) is 35.9. The number of ether oxygens (including phenoxy) is 1. The number of morpholine rings is 1. The lowest BCUT2D eigenvalue weighted by Crippen LogP contribution is -2.42. The fourth-order valence-corrected chi connectivity index (χ4v) is 6.47. The Bertz CT molecular complexity index is 1800. The number of likely N-dealkylation sites (tertiary alicyclic amines) is 1. The number of benzene rings is 1. The maximum absolute atomic E-state index is 13.2. The van der Waals surface area contributed by atoms with Crippen molar-refractivity contribution in [2.75, 3.05) is 64.3 Å². The number of urea groups is 1. The SMILES string of the molecule is C1CCN(CCN2CCOCC2)CC1.CCNC(=O)Nc1cc(-c2nc(C(F)(F)F)cs2)c(-c2ccc3[nH]cc(C(=O)O)c(=O)c3c2)cn1. The van der Waals surface area contributed by atoms with E-state index in [-0.39, 0.29) is 21.8 Å². The summed E-state index contributed by atoms with van der Waals surface area (Å²) in [5.74, 6) is -1.32. The van der Waals surface area contributed by atoms with Crippen LogP contribution >= 0.6 is 11.3 Å². The molecule has 2 aliphatic rings. The Morgan fingerprint density at radius 3 is 2.41 bits per heavy atom. The maximum atomic E-state index is 13.2. The van der Waals surface area contributed by atoms with Crippen molar-refractivity contribution in [3.63, 3.8) is 0 Å². The van der Waals surface area contributed by atoms with Crippen LogP contribution in [0.4, 0.5) is 23.8 Å². The van der Waals surface area contributed by atoms with Gasteiger partial charge in [-0.2, -0.15) is 13.2 Å². The van der Waals surface area contributed by atoms with E-state index in [2.05, 4.69) is 35.4 Å². The van der Waals surface area contributed by atoms with Gasteiger partial charge in [0.2, 0.25) is 5.43 Å². The van der Waals surface area contributed by atoms with Gasteiger partial charge in [0.25, 0.3) is 0 Å². The number of pyridine rings is 2. The number of halogens is 3. The molecule has 4 N–H and O–H groups in total. The summed E-state index contributed by atoms with van der Waals surface area (Å²) >= 11 is 0.756. The fraction of sp³-hybridized carbons (Fsp3) is 0.424. The lowest BCUT2D eigenvalue weighted by molar-refractivity contribution is -0.140. The van der Waals surface area contributed by atoms with Gasteiger partial charge >= 0.3 is 18.2 Å². The first-order valence-electron chi connectivity index (χ1n) is 16.0. The van der Waals surface area contributed by atoms with Gasteiger partial charge in [-0.05, 0) is 56.6 Å². The quantitative estimate of drug-likeness (QED) is 0.190. The van der Waals surface area contributed by atoms with Gasteiger partial charge < -0.3 is 25.0 Å². The molecular formula is C33H38F3N7O5S. The van der Waals surface area contributed by atoms with Crippen molar-refractivity contribution in [2.45, 2.75) is 32.4 Å². The van der Waals surface area contributed by atoms with Gasteiger partial charge in [0.05, 0.1) is 13.2 Å². The highest BCUT2D eigenvalue weighted by Gasteiger charge is 2.34. The number of rotatable bonds is 8. The molecule has 49 heavy (non-hydrogen) atoms. The first-order chi connectivity index (χ1) is 23.5. The highest BCUT2D eigenvalue weighted by atomic mass is 32.1. The lowest BCUT2D eigenvalue weighted by atomic mass is 9.99. The Morgan fingerprint density at radius 2 is 1.76 bits per heavy atom. The summed E-state index contributed by atoms with van der Waals surface area (Å²) < 4.78 is 44.9. The predicted octanol–water partition coefficient (Wildman–Crippen LogP) is 5.38. The third-order valence-corrected chi connectivity index (χ3v) is 9.09. The van der Waals surface area contributed by atoms with Gasteiger partial charge in [-0.3, -0.25) is 15.0 Å². The number of nitrogens with zero attached hydrogens (tertiary/aromatic N) is 4. The summed E-state index contributed by atoms with van der Waals surface area (Å²) in [5.41, 5.74) is -0.911. The first-order valence-corrected chi connectivity index (χ1v) is 16.9. The summed E-state index contributed by atoms with van der Waals surface area (Å²) in [7, 11) is 0. The van der Waals surface area contributed by atoms with Crippen LogP contribution < -0.4 is 16.1 Å². The topological polar surface area (TPSA) is 153 Å². The number of carbonyl (C=O) groups excluding carboxylic acids is 1. The summed E-state index contributed by atoms with van der Waals surface area (Å²) in [6.45, 7) is 11.3. The number of piperidine rings is 1. The second kappa shape index (κ2) is 16.3. The lowest BCUT2D eigenvalue weighted by Gasteiger charge is -2.31. The summed E-state index contributed by atoms with van der Waals surface area (Å²) in [5, 5.41) is 15.2. The predicted molar refractivity (Wildman–Crippen MR) is 181 cm³/mol. The smallest absolute Gasteiger partial charge is 0.434 e. The van der Waals surface area contributed by atoms with E-state index in [1.165, 1.54) is 63.8 Å². The number of carboxylic acid groups (broad SMARTS) is 1. The van der Waals surface area contributed by atoms with E-state index in [4.69, 9.17) is 4.74 Å². The van der Waals surface area contributed by atoms with Crippen molar-refractivity contribution in [3.8, 4) is 21.7 Å². The summed E-state index contributed by atoms with van der Waals surface area (Å²) in [6.07, 6.45) is 2.03.